The molecule has 1 saturated heterocycles. The molecule has 5 heteroatoms. The van der Waals surface area contributed by atoms with Crippen LogP contribution in [0.15, 0.2) is 12.7 Å². The van der Waals surface area contributed by atoms with Crippen LogP contribution in [0, 0.1) is 12.3 Å². The summed E-state index contributed by atoms with van der Waals surface area (Å²) in [4.78, 5) is 0. The maximum atomic E-state index is 11.4. The Morgan fingerprint density at radius 3 is 2.92 bits per heavy atom. The molecule has 0 bridgehead atoms. The van der Waals surface area contributed by atoms with Crippen LogP contribution in [-0.2, 0) is 10.2 Å². The van der Waals surface area contributed by atoms with E-state index in [-0.39, 0.29) is 6.04 Å². The number of nitrogens with one attached hydrogen (secondary N) is 1. The number of nitrogens with zero attached hydrogens (tertiary/aromatic N) is 1. The lowest BCUT2D eigenvalue weighted by molar-refractivity contribution is 0.383. The Morgan fingerprint density at radius 1 is 1.77 bits per heavy atom. The Bertz CT molecular complexity index is 329. The molecule has 0 saturated carbocycles. The minimum absolute atomic E-state index is 0.326. The molecule has 0 amide bonds. The normalized spacial score (nSPS) is 27.8. The SMILES string of the molecule is C#C[C@@H]1CCN(CC=C)S(=O)(=O)N1. The maximum absolute atomic E-state index is 11.4. The summed E-state index contributed by atoms with van der Waals surface area (Å²) in [5.41, 5.74) is 0. The summed E-state index contributed by atoms with van der Waals surface area (Å²) in [5.74, 6) is 2.38. The zero-order valence-electron chi connectivity index (χ0n) is 7.23. The predicted molar refractivity (Wildman–Crippen MR) is 51.1 cm³/mol. The molecule has 4 nitrogen and oxygen atoms in total. The van der Waals surface area contributed by atoms with Gasteiger partial charge in [-0.15, -0.1) is 13.0 Å². The monoisotopic (exact) mass is 200 g/mol. The number of hydrogen-bond acceptors (Lipinski definition) is 2. The van der Waals surface area contributed by atoms with E-state index in [4.69, 9.17) is 6.42 Å². The quantitative estimate of drug-likeness (QED) is 0.492. The van der Waals surface area contributed by atoms with Gasteiger partial charge < -0.3 is 0 Å². The molecule has 1 atom stereocenters. The smallest absolute Gasteiger partial charge is 0.195 e. The lowest BCUT2D eigenvalue weighted by Crippen LogP contribution is -2.51. The van der Waals surface area contributed by atoms with Crippen LogP contribution in [0.4, 0.5) is 0 Å². The zero-order chi connectivity index (χ0) is 9.90. The summed E-state index contributed by atoms with van der Waals surface area (Å²) >= 11 is 0. The summed E-state index contributed by atoms with van der Waals surface area (Å²) in [6.45, 7) is 4.27. The van der Waals surface area contributed by atoms with Crippen LogP contribution in [0.2, 0.25) is 0 Å². The van der Waals surface area contributed by atoms with E-state index in [1.54, 1.807) is 6.08 Å². The Morgan fingerprint density at radius 2 is 2.46 bits per heavy atom. The maximum Gasteiger partial charge on any atom is 0.280 e. The molecule has 0 unspecified atom stereocenters. The minimum atomic E-state index is -3.38. The third kappa shape index (κ3) is 2.31. The Kier molecular flexibility index (Phi) is 3.09. The van der Waals surface area contributed by atoms with Crippen molar-refractivity contribution >= 4 is 10.2 Å². The summed E-state index contributed by atoms with van der Waals surface area (Å²) in [6, 6.07) is -0.369. The van der Waals surface area contributed by atoms with E-state index < -0.39 is 10.2 Å². The van der Waals surface area contributed by atoms with Crippen molar-refractivity contribution in [2.24, 2.45) is 0 Å². The molecule has 1 N–H and O–H groups in total. The fourth-order valence-corrected chi connectivity index (χ4v) is 2.50. The Hall–Kier alpha value is -0.830. The van der Waals surface area contributed by atoms with Gasteiger partial charge in [0, 0.05) is 13.1 Å². The summed E-state index contributed by atoms with van der Waals surface area (Å²) in [5, 5.41) is 0. The molecule has 0 aromatic rings. The van der Waals surface area contributed by atoms with Crippen molar-refractivity contribution in [3.05, 3.63) is 12.7 Å². The second-order valence-corrected chi connectivity index (χ2v) is 4.48. The summed E-state index contributed by atoms with van der Waals surface area (Å²) < 4.78 is 26.5. The van der Waals surface area contributed by atoms with Gasteiger partial charge in [-0.05, 0) is 6.42 Å². The second-order valence-electron chi connectivity index (χ2n) is 2.78. The van der Waals surface area contributed by atoms with Gasteiger partial charge in [0.1, 0.15) is 0 Å². The van der Waals surface area contributed by atoms with Crippen molar-refractivity contribution in [1.82, 2.24) is 9.03 Å². The molecule has 1 aliphatic heterocycles. The molecular weight excluding hydrogens is 188 g/mol. The van der Waals surface area contributed by atoms with Crippen molar-refractivity contribution in [1.29, 1.82) is 0 Å². The molecule has 72 valence electrons. The van der Waals surface area contributed by atoms with E-state index in [9.17, 15) is 8.42 Å². The largest absolute Gasteiger partial charge is 0.280 e. The van der Waals surface area contributed by atoms with E-state index in [0.717, 1.165) is 0 Å². The predicted octanol–water partition coefficient (Wildman–Crippen LogP) is -0.286. The first-order valence-corrected chi connectivity index (χ1v) is 5.38. The van der Waals surface area contributed by atoms with Crippen LogP contribution in [0.25, 0.3) is 0 Å². The highest BCUT2D eigenvalue weighted by Crippen LogP contribution is 2.09. The van der Waals surface area contributed by atoms with Gasteiger partial charge in [0.15, 0.2) is 0 Å². The van der Waals surface area contributed by atoms with Crippen molar-refractivity contribution in [3.8, 4) is 12.3 Å². The highest BCUT2D eigenvalue weighted by molar-refractivity contribution is 7.87. The first-order chi connectivity index (χ1) is 6.10. The van der Waals surface area contributed by atoms with Gasteiger partial charge in [-0.3, -0.25) is 0 Å². The highest BCUT2D eigenvalue weighted by Gasteiger charge is 2.28. The highest BCUT2D eigenvalue weighted by atomic mass is 32.2. The second kappa shape index (κ2) is 3.92. The fourth-order valence-electron chi connectivity index (χ4n) is 1.16. The third-order valence-corrected chi connectivity index (χ3v) is 3.43. The van der Waals surface area contributed by atoms with Crippen LogP contribution in [-0.4, -0.2) is 31.9 Å². The van der Waals surface area contributed by atoms with Gasteiger partial charge >= 0.3 is 0 Å². The molecule has 1 heterocycles. The van der Waals surface area contributed by atoms with Gasteiger partial charge in [0.25, 0.3) is 10.2 Å². The molecule has 1 aliphatic rings. The topological polar surface area (TPSA) is 49.4 Å². The van der Waals surface area contributed by atoms with E-state index in [1.165, 1.54) is 4.31 Å². The molecule has 1 fully saturated rings. The third-order valence-electron chi connectivity index (χ3n) is 1.83. The van der Waals surface area contributed by atoms with Crippen LogP contribution < -0.4 is 4.72 Å². The molecule has 0 aromatic carbocycles. The molecule has 0 radical (unpaired) electrons. The van der Waals surface area contributed by atoms with E-state index in [0.29, 0.717) is 19.5 Å². The van der Waals surface area contributed by atoms with Gasteiger partial charge in [0.05, 0.1) is 6.04 Å². The average molecular weight is 200 g/mol. The molecule has 0 spiro atoms. The number of hydrogen-bond donors (Lipinski definition) is 1. The van der Waals surface area contributed by atoms with Gasteiger partial charge in [-0.2, -0.15) is 17.4 Å². The number of terminal acetylenes is 1. The summed E-state index contributed by atoms with van der Waals surface area (Å²) in [6.07, 6.45) is 7.32. The van der Waals surface area contributed by atoms with Gasteiger partial charge in [-0.1, -0.05) is 12.0 Å². The Balaban J connectivity index is 2.75. The average Bonchev–Trinajstić information content (AvgIpc) is 2.08. The van der Waals surface area contributed by atoms with E-state index in [2.05, 4.69) is 17.2 Å². The molecule has 1 rings (SSSR count). The summed E-state index contributed by atoms with van der Waals surface area (Å²) in [7, 11) is -3.38. The molecule has 13 heavy (non-hydrogen) atoms. The van der Waals surface area contributed by atoms with Crippen LogP contribution in [0.5, 0.6) is 0 Å². The fraction of sp³-hybridized carbons (Fsp3) is 0.500. The first-order valence-electron chi connectivity index (χ1n) is 3.94. The lowest BCUT2D eigenvalue weighted by Gasteiger charge is -2.28. The lowest BCUT2D eigenvalue weighted by atomic mass is 10.2. The van der Waals surface area contributed by atoms with Crippen molar-refractivity contribution < 1.29 is 8.42 Å². The first kappa shape index (κ1) is 10.3. The Labute approximate surface area is 78.8 Å². The molecule has 0 aliphatic carbocycles. The molecule has 0 aromatic heterocycles. The van der Waals surface area contributed by atoms with Crippen molar-refractivity contribution in [3.63, 3.8) is 0 Å². The van der Waals surface area contributed by atoms with Crippen molar-refractivity contribution in [2.75, 3.05) is 13.1 Å². The van der Waals surface area contributed by atoms with E-state index in [1.807, 2.05) is 0 Å². The molecular formula is C8H12N2O2S. The van der Waals surface area contributed by atoms with Crippen molar-refractivity contribution in [2.45, 2.75) is 12.5 Å². The van der Waals surface area contributed by atoms with Crippen LogP contribution >= 0.6 is 0 Å². The zero-order valence-corrected chi connectivity index (χ0v) is 8.05. The van der Waals surface area contributed by atoms with Gasteiger partial charge in [-0.25, -0.2) is 0 Å². The van der Waals surface area contributed by atoms with Crippen LogP contribution in [0.3, 0.4) is 0 Å². The van der Waals surface area contributed by atoms with Crippen LogP contribution in [0.1, 0.15) is 6.42 Å². The standard InChI is InChI=1S/C8H12N2O2S/c1-3-6-10-7-5-8(4-2)9-13(10,11)12/h2-3,8-9H,1,5-7H2/t8-/m1/s1. The van der Waals surface area contributed by atoms with E-state index >= 15 is 0 Å². The van der Waals surface area contributed by atoms with Gasteiger partial charge in [0.2, 0.25) is 0 Å². The number of rotatable bonds is 2. The minimum Gasteiger partial charge on any atom is -0.195 e.